The van der Waals surface area contributed by atoms with Gasteiger partial charge in [-0.15, -0.1) is 0 Å². The van der Waals surface area contributed by atoms with E-state index in [1.807, 2.05) is 24.3 Å². The Balaban J connectivity index is 1.96. The number of para-hydroxylation sites is 1. The van der Waals surface area contributed by atoms with Crippen molar-refractivity contribution in [2.75, 3.05) is 22.9 Å². The van der Waals surface area contributed by atoms with Gasteiger partial charge in [0.1, 0.15) is 5.75 Å². The Morgan fingerprint density at radius 3 is 2.15 bits per heavy atom. The van der Waals surface area contributed by atoms with E-state index in [1.54, 1.807) is 24.3 Å². The number of nitrogens with one attached hydrogen (secondary N) is 2. The van der Waals surface area contributed by atoms with Crippen LogP contribution in [-0.2, 0) is 20.2 Å². The van der Waals surface area contributed by atoms with Crippen LogP contribution < -0.4 is 14.8 Å². The zero-order chi connectivity index (χ0) is 19.4. The van der Waals surface area contributed by atoms with E-state index in [0.29, 0.717) is 17.1 Å². The van der Waals surface area contributed by atoms with E-state index < -0.39 is 10.0 Å². The number of ether oxygens (including phenoxy) is 1. The second-order valence-electron chi connectivity index (χ2n) is 7.03. The smallest absolute Gasteiger partial charge is 0.262 e. The minimum Gasteiger partial charge on any atom is -0.483 e. The van der Waals surface area contributed by atoms with Crippen molar-refractivity contribution >= 4 is 27.3 Å². The maximum atomic E-state index is 12.1. The fourth-order valence-corrected chi connectivity index (χ4v) is 2.95. The Kier molecular flexibility index (Phi) is 5.92. The van der Waals surface area contributed by atoms with Crippen molar-refractivity contribution in [1.29, 1.82) is 0 Å². The molecule has 0 aliphatic carbocycles. The van der Waals surface area contributed by atoms with E-state index in [4.69, 9.17) is 4.74 Å². The maximum Gasteiger partial charge on any atom is 0.262 e. The predicted molar refractivity (Wildman–Crippen MR) is 104 cm³/mol. The third kappa shape index (κ3) is 6.07. The van der Waals surface area contributed by atoms with Gasteiger partial charge in [0.15, 0.2) is 6.61 Å². The van der Waals surface area contributed by atoms with Gasteiger partial charge in [0.25, 0.3) is 5.91 Å². The topological polar surface area (TPSA) is 84.5 Å². The quantitative estimate of drug-likeness (QED) is 0.809. The molecule has 0 bridgehead atoms. The molecular formula is C19H24N2O4S. The van der Waals surface area contributed by atoms with Crippen LogP contribution >= 0.6 is 0 Å². The first-order valence-electron chi connectivity index (χ1n) is 8.14. The number of hydrogen-bond acceptors (Lipinski definition) is 4. The summed E-state index contributed by atoms with van der Waals surface area (Å²) in [5, 5.41) is 2.72. The van der Waals surface area contributed by atoms with Crippen molar-refractivity contribution in [3.8, 4) is 5.75 Å². The lowest BCUT2D eigenvalue weighted by Crippen LogP contribution is -2.22. The molecule has 1 amide bonds. The predicted octanol–water partition coefficient (Wildman–Crippen LogP) is 3.37. The SMILES string of the molecule is CC(C)(C)c1ccccc1OCC(=O)Nc1ccc(NS(C)(=O)=O)cc1. The average molecular weight is 376 g/mol. The van der Waals surface area contributed by atoms with Crippen LogP contribution in [0.5, 0.6) is 5.75 Å². The van der Waals surface area contributed by atoms with Gasteiger partial charge < -0.3 is 10.1 Å². The van der Waals surface area contributed by atoms with Gasteiger partial charge in [-0.2, -0.15) is 0 Å². The summed E-state index contributed by atoms with van der Waals surface area (Å²) in [6, 6.07) is 14.0. The second-order valence-corrected chi connectivity index (χ2v) is 8.78. The van der Waals surface area contributed by atoms with E-state index in [1.165, 1.54) is 0 Å². The Morgan fingerprint density at radius 1 is 1.00 bits per heavy atom. The molecule has 0 radical (unpaired) electrons. The molecule has 0 unspecified atom stereocenters. The molecule has 0 spiro atoms. The van der Waals surface area contributed by atoms with Gasteiger partial charge in [0.05, 0.1) is 6.26 Å². The highest BCUT2D eigenvalue weighted by molar-refractivity contribution is 7.92. The molecule has 0 atom stereocenters. The van der Waals surface area contributed by atoms with E-state index in [9.17, 15) is 13.2 Å². The van der Waals surface area contributed by atoms with Crippen molar-refractivity contribution in [3.05, 3.63) is 54.1 Å². The number of carbonyl (C=O) groups is 1. The molecule has 2 rings (SSSR count). The highest BCUT2D eigenvalue weighted by Gasteiger charge is 2.18. The molecule has 0 aliphatic heterocycles. The first kappa shape index (κ1) is 19.8. The van der Waals surface area contributed by atoms with Crippen molar-refractivity contribution in [3.63, 3.8) is 0 Å². The fraction of sp³-hybridized carbons (Fsp3) is 0.316. The van der Waals surface area contributed by atoms with E-state index in [0.717, 1.165) is 11.8 Å². The first-order chi connectivity index (χ1) is 12.0. The standard InChI is InChI=1S/C19H24N2O4S/c1-19(2,3)16-7-5-6-8-17(16)25-13-18(22)20-14-9-11-15(12-10-14)21-26(4,23)24/h5-12,21H,13H2,1-4H3,(H,20,22). The van der Waals surface area contributed by atoms with Crippen LogP contribution in [0.15, 0.2) is 48.5 Å². The van der Waals surface area contributed by atoms with Crippen LogP contribution in [0.25, 0.3) is 0 Å². The first-order valence-corrected chi connectivity index (χ1v) is 10.0. The summed E-state index contributed by atoms with van der Waals surface area (Å²) in [5.41, 5.74) is 1.93. The summed E-state index contributed by atoms with van der Waals surface area (Å²) in [6.45, 7) is 6.14. The molecule has 0 saturated heterocycles. The zero-order valence-electron chi connectivity index (χ0n) is 15.4. The summed E-state index contributed by atoms with van der Waals surface area (Å²) in [4.78, 5) is 12.1. The number of sulfonamides is 1. The summed E-state index contributed by atoms with van der Waals surface area (Å²) < 4.78 is 30.4. The van der Waals surface area contributed by atoms with Gasteiger partial charge in [-0.25, -0.2) is 8.42 Å². The highest BCUT2D eigenvalue weighted by Crippen LogP contribution is 2.30. The van der Waals surface area contributed by atoms with Crippen LogP contribution in [0.4, 0.5) is 11.4 Å². The van der Waals surface area contributed by atoms with Gasteiger partial charge in [-0.05, 0) is 41.3 Å². The summed E-state index contributed by atoms with van der Waals surface area (Å²) in [5.74, 6) is 0.389. The molecule has 26 heavy (non-hydrogen) atoms. The summed E-state index contributed by atoms with van der Waals surface area (Å²) in [7, 11) is -3.33. The van der Waals surface area contributed by atoms with Gasteiger partial charge in [0, 0.05) is 11.4 Å². The van der Waals surface area contributed by atoms with Crippen molar-refractivity contribution in [2.45, 2.75) is 26.2 Å². The second kappa shape index (κ2) is 7.78. The van der Waals surface area contributed by atoms with Crippen molar-refractivity contribution < 1.29 is 17.9 Å². The number of rotatable bonds is 6. The third-order valence-corrected chi connectivity index (χ3v) is 4.13. The Morgan fingerprint density at radius 2 is 1.58 bits per heavy atom. The molecule has 140 valence electrons. The lowest BCUT2D eigenvalue weighted by molar-refractivity contribution is -0.118. The largest absolute Gasteiger partial charge is 0.483 e. The molecule has 2 aromatic rings. The van der Waals surface area contributed by atoms with Crippen molar-refractivity contribution in [2.24, 2.45) is 0 Å². The normalized spacial score (nSPS) is 11.7. The summed E-state index contributed by atoms with van der Waals surface area (Å²) in [6.07, 6.45) is 1.08. The van der Waals surface area contributed by atoms with E-state index in [-0.39, 0.29) is 17.9 Å². The molecule has 0 aromatic heterocycles. The van der Waals surface area contributed by atoms with Crippen LogP contribution in [0.2, 0.25) is 0 Å². The minimum absolute atomic E-state index is 0.0878. The van der Waals surface area contributed by atoms with Gasteiger partial charge in [-0.3, -0.25) is 9.52 Å². The van der Waals surface area contributed by atoms with E-state index >= 15 is 0 Å². The summed E-state index contributed by atoms with van der Waals surface area (Å²) >= 11 is 0. The van der Waals surface area contributed by atoms with E-state index in [2.05, 4.69) is 30.8 Å². The number of amides is 1. The number of hydrogen-bond donors (Lipinski definition) is 2. The van der Waals surface area contributed by atoms with Crippen LogP contribution in [-0.4, -0.2) is 27.2 Å². The monoisotopic (exact) mass is 376 g/mol. The molecule has 2 N–H and O–H groups in total. The van der Waals surface area contributed by atoms with Crippen LogP contribution in [0.1, 0.15) is 26.3 Å². The lowest BCUT2D eigenvalue weighted by atomic mass is 9.86. The number of anilines is 2. The van der Waals surface area contributed by atoms with Gasteiger partial charge in [-0.1, -0.05) is 39.0 Å². The molecule has 0 heterocycles. The molecule has 6 nitrogen and oxygen atoms in total. The Bertz CT molecular complexity index is 869. The third-order valence-electron chi connectivity index (χ3n) is 3.53. The maximum absolute atomic E-state index is 12.1. The number of carbonyl (C=O) groups excluding carboxylic acids is 1. The Hall–Kier alpha value is -2.54. The van der Waals surface area contributed by atoms with Crippen LogP contribution in [0.3, 0.4) is 0 Å². The molecular weight excluding hydrogens is 352 g/mol. The zero-order valence-corrected chi connectivity index (χ0v) is 16.2. The van der Waals surface area contributed by atoms with Crippen molar-refractivity contribution in [1.82, 2.24) is 0 Å². The van der Waals surface area contributed by atoms with Crippen LogP contribution in [0, 0.1) is 0 Å². The molecule has 0 saturated carbocycles. The number of benzene rings is 2. The van der Waals surface area contributed by atoms with Gasteiger partial charge in [0.2, 0.25) is 10.0 Å². The molecule has 0 fully saturated rings. The molecule has 7 heteroatoms. The average Bonchev–Trinajstić information content (AvgIpc) is 2.53. The minimum atomic E-state index is -3.33. The highest BCUT2D eigenvalue weighted by atomic mass is 32.2. The Labute approximate surface area is 154 Å². The lowest BCUT2D eigenvalue weighted by Gasteiger charge is -2.22. The fourth-order valence-electron chi connectivity index (χ4n) is 2.39. The molecule has 2 aromatic carbocycles. The molecule has 0 aliphatic rings. The van der Waals surface area contributed by atoms with Gasteiger partial charge >= 0.3 is 0 Å².